The minimum absolute atomic E-state index is 0.816. The summed E-state index contributed by atoms with van der Waals surface area (Å²) < 4.78 is 0. The molecular weight excluding hydrogens is 436 g/mol. The van der Waals surface area contributed by atoms with E-state index in [2.05, 4.69) is 44.5 Å². The second-order valence-corrected chi connectivity index (χ2v) is 12.6. The Morgan fingerprint density at radius 1 is 0.528 bits per heavy atom. The molecule has 216 valence electrons. The molecule has 1 saturated heterocycles. The van der Waals surface area contributed by atoms with Crippen molar-refractivity contribution in [3.05, 3.63) is 0 Å². The van der Waals surface area contributed by atoms with E-state index >= 15 is 0 Å². The SMILES string of the molecule is CCCCCCCC(CCCCCC)CN(C)C1CN(CCC(CCCCCC)CCCCCC)C1. The lowest BCUT2D eigenvalue weighted by atomic mass is 9.90. The van der Waals surface area contributed by atoms with Gasteiger partial charge in [0.1, 0.15) is 0 Å². The van der Waals surface area contributed by atoms with Crippen molar-refractivity contribution >= 4 is 0 Å². The normalized spacial score (nSPS) is 15.8. The summed E-state index contributed by atoms with van der Waals surface area (Å²) in [4.78, 5) is 5.52. The van der Waals surface area contributed by atoms with Gasteiger partial charge in [-0.15, -0.1) is 0 Å². The van der Waals surface area contributed by atoms with E-state index in [1.54, 1.807) is 0 Å². The molecule has 1 aliphatic heterocycles. The van der Waals surface area contributed by atoms with Crippen molar-refractivity contribution in [2.75, 3.05) is 33.2 Å². The standard InChI is InChI=1S/C34H70N2/c1-6-10-14-18-22-26-33(25-21-17-13-9-4)29-35(5)34-30-36(31-34)28-27-32(23-19-15-11-7-2)24-20-16-12-8-3/h32-34H,6-31H2,1-5H3. The zero-order chi connectivity index (χ0) is 26.3. The number of hydrogen-bond acceptors (Lipinski definition) is 2. The van der Waals surface area contributed by atoms with Gasteiger partial charge in [0.05, 0.1) is 0 Å². The van der Waals surface area contributed by atoms with Crippen LogP contribution >= 0.6 is 0 Å². The maximum atomic E-state index is 2.77. The minimum atomic E-state index is 0.816. The first-order valence-corrected chi connectivity index (χ1v) is 17.1. The van der Waals surface area contributed by atoms with Crippen molar-refractivity contribution in [3.63, 3.8) is 0 Å². The first-order chi connectivity index (χ1) is 17.6. The van der Waals surface area contributed by atoms with Crippen molar-refractivity contribution in [2.24, 2.45) is 11.8 Å². The summed E-state index contributed by atoms with van der Waals surface area (Å²) in [7, 11) is 2.43. The summed E-state index contributed by atoms with van der Waals surface area (Å²) in [5.41, 5.74) is 0. The molecule has 2 heteroatoms. The van der Waals surface area contributed by atoms with Gasteiger partial charge < -0.3 is 9.80 Å². The molecule has 2 nitrogen and oxygen atoms in total. The first-order valence-electron chi connectivity index (χ1n) is 17.1. The number of rotatable bonds is 27. The molecule has 1 heterocycles. The zero-order valence-corrected chi connectivity index (χ0v) is 26.0. The van der Waals surface area contributed by atoms with Gasteiger partial charge in [0, 0.05) is 25.7 Å². The third-order valence-corrected chi connectivity index (χ3v) is 9.07. The molecule has 0 aromatic carbocycles. The zero-order valence-electron chi connectivity index (χ0n) is 26.0. The van der Waals surface area contributed by atoms with Crippen LogP contribution in [0.5, 0.6) is 0 Å². The van der Waals surface area contributed by atoms with E-state index in [9.17, 15) is 0 Å². The van der Waals surface area contributed by atoms with Gasteiger partial charge in [-0.25, -0.2) is 0 Å². The van der Waals surface area contributed by atoms with E-state index in [1.807, 2.05) is 0 Å². The number of likely N-dealkylation sites (N-methyl/N-ethyl adjacent to an activating group) is 1. The monoisotopic (exact) mass is 507 g/mol. The van der Waals surface area contributed by atoms with E-state index in [0.717, 1.165) is 17.9 Å². The van der Waals surface area contributed by atoms with Crippen LogP contribution in [0.2, 0.25) is 0 Å². The maximum absolute atomic E-state index is 2.77. The van der Waals surface area contributed by atoms with E-state index in [0.29, 0.717) is 0 Å². The molecule has 0 radical (unpaired) electrons. The summed E-state index contributed by atoms with van der Waals surface area (Å²) in [5.74, 6) is 1.91. The lowest BCUT2D eigenvalue weighted by molar-refractivity contribution is 0.0346. The second kappa shape index (κ2) is 24.0. The number of likely N-dealkylation sites (tertiary alicyclic amines) is 1. The summed E-state index contributed by atoms with van der Waals surface area (Å²) in [5, 5.41) is 0. The highest BCUT2D eigenvalue weighted by molar-refractivity contribution is 4.88. The molecule has 0 bridgehead atoms. The van der Waals surface area contributed by atoms with Crippen LogP contribution in [0, 0.1) is 11.8 Å². The first kappa shape index (κ1) is 33.9. The Balaban J connectivity index is 2.34. The fourth-order valence-electron chi connectivity index (χ4n) is 6.30. The van der Waals surface area contributed by atoms with Crippen LogP contribution in [0.4, 0.5) is 0 Å². The molecular formula is C34H70N2. The fraction of sp³-hybridized carbons (Fsp3) is 1.00. The minimum Gasteiger partial charge on any atom is -0.301 e. The maximum Gasteiger partial charge on any atom is 0.0347 e. The van der Waals surface area contributed by atoms with Crippen molar-refractivity contribution in [2.45, 2.75) is 175 Å². The van der Waals surface area contributed by atoms with Crippen LogP contribution in [0.15, 0.2) is 0 Å². The molecule has 0 aromatic heterocycles. The number of unbranched alkanes of at least 4 members (excludes halogenated alkanes) is 13. The molecule has 0 aliphatic carbocycles. The molecule has 0 aromatic rings. The Morgan fingerprint density at radius 2 is 0.917 bits per heavy atom. The van der Waals surface area contributed by atoms with Gasteiger partial charge in [0.15, 0.2) is 0 Å². The van der Waals surface area contributed by atoms with E-state index in [4.69, 9.17) is 0 Å². The molecule has 0 spiro atoms. The molecule has 1 aliphatic rings. The van der Waals surface area contributed by atoms with Crippen molar-refractivity contribution in [3.8, 4) is 0 Å². The molecule has 1 unspecified atom stereocenters. The number of hydrogen-bond donors (Lipinski definition) is 0. The van der Waals surface area contributed by atoms with Crippen LogP contribution in [0.25, 0.3) is 0 Å². The molecule has 1 atom stereocenters. The summed E-state index contributed by atoms with van der Waals surface area (Å²) in [6.45, 7) is 14.7. The Kier molecular flexibility index (Phi) is 22.6. The molecule has 0 saturated carbocycles. The lowest BCUT2D eigenvalue weighted by Crippen LogP contribution is -2.59. The Bertz CT molecular complexity index is 432. The fourth-order valence-corrected chi connectivity index (χ4v) is 6.30. The van der Waals surface area contributed by atoms with Crippen LogP contribution < -0.4 is 0 Å². The third-order valence-electron chi connectivity index (χ3n) is 9.07. The Morgan fingerprint density at radius 3 is 1.36 bits per heavy atom. The van der Waals surface area contributed by atoms with Crippen LogP contribution in [0.3, 0.4) is 0 Å². The Labute approximate surface area is 229 Å². The average Bonchev–Trinajstić information content (AvgIpc) is 2.85. The summed E-state index contributed by atoms with van der Waals surface area (Å²) >= 11 is 0. The lowest BCUT2D eigenvalue weighted by Gasteiger charge is -2.45. The average molecular weight is 507 g/mol. The quantitative estimate of drug-likeness (QED) is 0.102. The van der Waals surface area contributed by atoms with Crippen molar-refractivity contribution < 1.29 is 0 Å². The van der Waals surface area contributed by atoms with Gasteiger partial charge in [0.25, 0.3) is 0 Å². The van der Waals surface area contributed by atoms with Gasteiger partial charge in [-0.05, 0) is 44.7 Å². The van der Waals surface area contributed by atoms with E-state index in [-0.39, 0.29) is 0 Å². The van der Waals surface area contributed by atoms with Gasteiger partial charge in [0.2, 0.25) is 0 Å². The van der Waals surface area contributed by atoms with Gasteiger partial charge >= 0.3 is 0 Å². The molecule has 1 rings (SSSR count). The summed E-state index contributed by atoms with van der Waals surface area (Å²) in [6, 6.07) is 0.816. The highest BCUT2D eigenvalue weighted by Gasteiger charge is 2.30. The van der Waals surface area contributed by atoms with Crippen LogP contribution in [0.1, 0.15) is 169 Å². The Hall–Kier alpha value is -0.0800. The molecule has 36 heavy (non-hydrogen) atoms. The third kappa shape index (κ3) is 17.4. The molecule has 0 N–H and O–H groups in total. The predicted molar refractivity (Wildman–Crippen MR) is 164 cm³/mol. The second-order valence-electron chi connectivity index (χ2n) is 12.6. The highest BCUT2D eigenvalue weighted by Crippen LogP contribution is 2.25. The van der Waals surface area contributed by atoms with Crippen LogP contribution in [-0.4, -0.2) is 49.1 Å². The van der Waals surface area contributed by atoms with Gasteiger partial charge in [-0.3, -0.25) is 0 Å². The molecule has 1 fully saturated rings. The predicted octanol–water partition coefficient (Wildman–Crippen LogP) is 10.5. The summed E-state index contributed by atoms with van der Waals surface area (Å²) in [6.07, 6.45) is 31.6. The van der Waals surface area contributed by atoms with Crippen LogP contribution in [-0.2, 0) is 0 Å². The van der Waals surface area contributed by atoms with Gasteiger partial charge in [-0.2, -0.15) is 0 Å². The van der Waals surface area contributed by atoms with Crippen molar-refractivity contribution in [1.29, 1.82) is 0 Å². The number of nitrogens with zero attached hydrogens (tertiary/aromatic N) is 2. The van der Waals surface area contributed by atoms with E-state index in [1.165, 1.54) is 167 Å². The largest absolute Gasteiger partial charge is 0.301 e. The van der Waals surface area contributed by atoms with Crippen molar-refractivity contribution in [1.82, 2.24) is 9.80 Å². The highest BCUT2D eigenvalue weighted by atomic mass is 15.3. The van der Waals surface area contributed by atoms with Gasteiger partial charge in [-0.1, -0.05) is 150 Å². The van der Waals surface area contributed by atoms with E-state index < -0.39 is 0 Å². The molecule has 0 amide bonds. The topological polar surface area (TPSA) is 6.48 Å². The smallest absolute Gasteiger partial charge is 0.0347 e.